The first kappa shape index (κ1) is 10.6. The fourth-order valence-electron chi connectivity index (χ4n) is 1.76. The molecule has 18 heavy (non-hydrogen) atoms. The molecule has 0 atom stereocenters. The molecule has 0 amide bonds. The van der Waals surface area contributed by atoms with Crippen molar-refractivity contribution in [2.45, 2.75) is 0 Å². The summed E-state index contributed by atoms with van der Waals surface area (Å²) in [4.78, 5) is 12.8. The predicted octanol–water partition coefficient (Wildman–Crippen LogP) is 3.21. The Morgan fingerprint density at radius 1 is 0.611 bits per heavy atom. The molecule has 0 aromatic carbocycles. The van der Waals surface area contributed by atoms with Crippen molar-refractivity contribution in [3.8, 4) is 22.5 Å². The van der Waals surface area contributed by atoms with Crippen molar-refractivity contribution in [3.63, 3.8) is 0 Å². The molecule has 0 saturated heterocycles. The minimum atomic E-state index is 0.878. The number of hydrogen-bond acceptors (Lipinski definition) is 3. The van der Waals surface area contributed by atoms with E-state index in [1.807, 2.05) is 54.9 Å². The van der Waals surface area contributed by atoms with E-state index in [0.717, 1.165) is 22.5 Å². The Bertz CT molecular complexity index is 560. The van der Waals surface area contributed by atoms with Gasteiger partial charge in [0.2, 0.25) is 0 Å². The maximum absolute atomic E-state index is 4.44. The molecule has 0 bridgehead atoms. The maximum atomic E-state index is 4.44. The largest absolute Gasteiger partial charge is 0.264 e. The summed E-state index contributed by atoms with van der Waals surface area (Å²) in [6, 6.07) is 13.8. The summed E-state index contributed by atoms with van der Waals surface area (Å²) in [5, 5.41) is 0. The molecule has 0 saturated carbocycles. The summed E-state index contributed by atoms with van der Waals surface area (Å²) in [6.07, 6.45) is 7.21. The van der Waals surface area contributed by atoms with Crippen molar-refractivity contribution in [3.05, 3.63) is 67.3 Å². The third kappa shape index (κ3) is 2.11. The highest BCUT2D eigenvalue weighted by Crippen LogP contribution is 2.20. The van der Waals surface area contributed by atoms with Gasteiger partial charge in [0.1, 0.15) is 0 Å². The van der Waals surface area contributed by atoms with Crippen molar-refractivity contribution in [1.82, 2.24) is 15.0 Å². The Morgan fingerprint density at radius 2 is 1.50 bits per heavy atom. The van der Waals surface area contributed by atoms with Gasteiger partial charge in [0.05, 0.1) is 11.4 Å². The van der Waals surface area contributed by atoms with Crippen LogP contribution >= 0.6 is 0 Å². The third-order valence-corrected chi connectivity index (χ3v) is 2.69. The molecule has 0 spiro atoms. The highest BCUT2D eigenvalue weighted by molar-refractivity contribution is 5.64. The van der Waals surface area contributed by atoms with Gasteiger partial charge in [-0.25, -0.2) is 0 Å². The van der Waals surface area contributed by atoms with E-state index in [1.165, 1.54) is 0 Å². The molecular weight excluding hydrogens is 222 g/mol. The number of hydrogen-bond donors (Lipinski definition) is 0. The lowest BCUT2D eigenvalue weighted by molar-refractivity contribution is 1.24. The van der Waals surface area contributed by atoms with E-state index in [0.29, 0.717) is 0 Å². The van der Waals surface area contributed by atoms with E-state index in [4.69, 9.17) is 0 Å². The van der Waals surface area contributed by atoms with Crippen LogP contribution in [0.25, 0.3) is 22.5 Å². The lowest BCUT2D eigenvalue weighted by atomic mass is 10.1. The average Bonchev–Trinajstić information content (AvgIpc) is 2.49. The smallest absolute Gasteiger partial charge is 0.0886 e. The molecule has 3 rings (SSSR count). The zero-order valence-electron chi connectivity index (χ0n) is 9.69. The van der Waals surface area contributed by atoms with Gasteiger partial charge in [-0.05, 0) is 24.3 Å². The van der Waals surface area contributed by atoms with Gasteiger partial charge in [0, 0.05) is 35.9 Å². The van der Waals surface area contributed by atoms with Crippen LogP contribution in [0, 0.1) is 0 Å². The summed E-state index contributed by atoms with van der Waals surface area (Å²) < 4.78 is 0. The summed E-state index contributed by atoms with van der Waals surface area (Å²) in [5.41, 5.74) is 3.89. The van der Waals surface area contributed by atoms with Gasteiger partial charge >= 0.3 is 0 Å². The van der Waals surface area contributed by atoms with Crippen LogP contribution in [0.5, 0.6) is 0 Å². The molecule has 0 fully saturated rings. The van der Waals surface area contributed by atoms with Crippen molar-refractivity contribution in [2.75, 3.05) is 0 Å². The summed E-state index contributed by atoms with van der Waals surface area (Å²) >= 11 is 0. The number of aromatic nitrogens is 3. The van der Waals surface area contributed by atoms with Crippen LogP contribution in [0.15, 0.2) is 67.3 Å². The SMILES string of the molecule is c1ccc(-c2ccc(-c3cccnc3)cn2)nc1. The maximum Gasteiger partial charge on any atom is 0.0886 e. The molecule has 0 unspecified atom stereocenters. The molecule has 86 valence electrons. The zero-order chi connectivity index (χ0) is 12.2. The minimum Gasteiger partial charge on any atom is -0.264 e. The van der Waals surface area contributed by atoms with Crippen LogP contribution in [-0.4, -0.2) is 15.0 Å². The standard InChI is InChI=1S/C15H11N3/c1-2-9-17-14(5-1)15-7-6-13(11-18-15)12-4-3-8-16-10-12/h1-11H. The molecule has 0 aliphatic rings. The Morgan fingerprint density at radius 3 is 2.17 bits per heavy atom. The van der Waals surface area contributed by atoms with Gasteiger partial charge in [0.15, 0.2) is 0 Å². The highest BCUT2D eigenvalue weighted by atomic mass is 14.8. The van der Waals surface area contributed by atoms with Crippen molar-refractivity contribution < 1.29 is 0 Å². The van der Waals surface area contributed by atoms with Gasteiger partial charge in [-0.15, -0.1) is 0 Å². The van der Waals surface area contributed by atoms with Crippen LogP contribution in [0.2, 0.25) is 0 Å². The fourth-order valence-corrected chi connectivity index (χ4v) is 1.76. The first-order chi connectivity index (χ1) is 8.93. The fraction of sp³-hybridized carbons (Fsp3) is 0. The topological polar surface area (TPSA) is 38.7 Å². The summed E-state index contributed by atoms with van der Waals surface area (Å²) in [7, 11) is 0. The second-order valence-corrected chi connectivity index (χ2v) is 3.89. The molecular formula is C15H11N3. The Balaban J connectivity index is 1.95. The molecule has 3 nitrogen and oxygen atoms in total. The average molecular weight is 233 g/mol. The van der Waals surface area contributed by atoms with E-state index in [9.17, 15) is 0 Å². The summed E-state index contributed by atoms with van der Waals surface area (Å²) in [6.45, 7) is 0. The molecule has 3 heteroatoms. The predicted molar refractivity (Wildman–Crippen MR) is 70.7 cm³/mol. The quantitative estimate of drug-likeness (QED) is 0.682. The first-order valence-corrected chi connectivity index (χ1v) is 5.71. The van der Waals surface area contributed by atoms with Crippen LogP contribution < -0.4 is 0 Å². The van der Waals surface area contributed by atoms with Gasteiger partial charge in [-0.3, -0.25) is 15.0 Å². The monoisotopic (exact) mass is 233 g/mol. The van der Waals surface area contributed by atoms with Gasteiger partial charge in [-0.1, -0.05) is 18.2 Å². The minimum absolute atomic E-state index is 0.878. The van der Waals surface area contributed by atoms with E-state index < -0.39 is 0 Å². The molecule has 0 aliphatic carbocycles. The Labute approximate surface area is 105 Å². The van der Waals surface area contributed by atoms with E-state index in [1.54, 1.807) is 12.4 Å². The number of rotatable bonds is 2. The van der Waals surface area contributed by atoms with E-state index >= 15 is 0 Å². The number of pyridine rings is 3. The lowest BCUT2D eigenvalue weighted by Gasteiger charge is -2.02. The van der Waals surface area contributed by atoms with Crippen LogP contribution in [0.4, 0.5) is 0 Å². The van der Waals surface area contributed by atoms with Crippen LogP contribution in [0.3, 0.4) is 0 Å². The molecule has 0 radical (unpaired) electrons. The molecule has 0 N–H and O–H groups in total. The van der Waals surface area contributed by atoms with Gasteiger partial charge < -0.3 is 0 Å². The summed E-state index contributed by atoms with van der Waals surface area (Å²) in [5.74, 6) is 0. The lowest BCUT2D eigenvalue weighted by Crippen LogP contribution is -1.87. The molecule has 0 aliphatic heterocycles. The molecule has 3 aromatic rings. The first-order valence-electron chi connectivity index (χ1n) is 5.71. The molecule has 3 aromatic heterocycles. The van der Waals surface area contributed by atoms with Gasteiger partial charge in [-0.2, -0.15) is 0 Å². The third-order valence-electron chi connectivity index (χ3n) is 2.69. The second-order valence-electron chi connectivity index (χ2n) is 3.89. The Kier molecular flexibility index (Phi) is 2.80. The Hall–Kier alpha value is -2.55. The normalized spacial score (nSPS) is 10.2. The van der Waals surface area contributed by atoms with E-state index in [2.05, 4.69) is 15.0 Å². The second kappa shape index (κ2) is 4.75. The van der Waals surface area contributed by atoms with Crippen molar-refractivity contribution >= 4 is 0 Å². The number of nitrogens with zero attached hydrogens (tertiary/aromatic N) is 3. The van der Waals surface area contributed by atoms with Crippen LogP contribution in [0.1, 0.15) is 0 Å². The van der Waals surface area contributed by atoms with Gasteiger partial charge in [0.25, 0.3) is 0 Å². The van der Waals surface area contributed by atoms with Crippen molar-refractivity contribution in [2.24, 2.45) is 0 Å². The molecule has 3 heterocycles. The van der Waals surface area contributed by atoms with Crippen LogP contribution in [-0.2, 0) is 0 Å². The van der Waals surface area contributed by atoms with Crippen molar-refractivity contribution in [1.29, 1.82) is 0 Å². The zero-order valence-corrected chi connectivity index (χ0v) is 9.69. The van der Waals surface area contributed by atoms with E-state index in [-0.39, 0.29) is 0 Å². The highest BCUT2D eigenvalue weighted by Gasteiger charge is 2.01.